The van der Waals surface area contributed by atoms with Crippen LogP contribution in [0.3, 0.4) is 0 Å². The van der Waals surface area contributed by atoms with E-state index in [1.807, 2.05) is 6.92 Å². The van der Waals surface area contributed by atoms with Gasteiger partial charge in [0.2, 0.25) is 0 Å². The smallest absolute Gasteiger partial charge is 0.320 e. The Labute approximate surface area is 187 Å². The van der Waals surface area contributed by atoms with E-state index in [1.54, 1.807) is 0 Å². The molecule has 8 nitrogen and oxygen atoms in total. The maximum atomic E-state index is 13.4. The molecule has 4 aliphatic rings. The van der Waals surface area contributed by atoms with E-state index >= 15 is 0 Å². The fraction of sp³-hybridized carbons (Fsp3) is 0.750. The summed E-state index contributed by atoms with van der Waals surface area (Å²) in [5, 5.41) is 10.5. The van der Waals surface area contributed by atoms with Crippen LogP contribution >= 0.6 is 0 Å². The maximum absolute atomic E-state index is 13.4. The summed E-state index contributed by atoms with van der Waals surface area (Å²) in [4.78, 5) is 50.1. The molecule has 2 bridgehead atoms. The first kappa shape index (κ1) is 23.0. The van der Waals surface area contributed by atoms with Crippen molar-refractivity contribution < 1.29 is 38.5 Å². The van der Waals surface area contributed by atoms with Crippen molar-refractivity contribution in [3.8, 4) is 0 Å². The van der Waals surface area contributed by atoms with Gasteiger partial charge in [-0.1, -0.05) is 13.5 Å². The van der Waals surface area contributed by atoms with E-state index in [2.05, 4.69) is 6.58 Å². The van der Waals surface area contributed by atoms with Crippen molar-refractivity contribution in [1.82, 2.24) is 0 Å². The van der Waals surface area contributed by atoms with Crippen molar-refractivity contribution in [3.63, 3.8) is 0 Å². The van der Waals surface area contributed by atoms with Gasteiger partial charge in [0.1, 0.15) is 11.5 Å². The molecule has 1 heterocycles. The summed E-state index contributed by atoms with van der Waals surface area (Å²) >= 11 is 0. The number of rotatable bonds is 4. The zero-order chi connectivity index (χ0) is 23.5. The first-order valence-corrected chi connectivity index (χ1v) is 11.3. The van der Waals surface area contributed by atoms with E-state index < -0.39 is 40.3 Å². The minimum absolute atomic E-state index is 0.0296. The number of carbonyl (C=O) groups excluding carboxylic acids is 4. The molecular formula is C24H32O8. The Morgan fingerprint density at radius 1 is 1.16 bits per heavy atom. The van der Waals surface area contributed by atoms with Gasteiger partial charge in [-0.05, 0) is 49.5 Å². The molecule has 8 heteroatoms. The summed E-state index contributed by atoms with van der Waals surface area (Å²) in [5.74, 6) is -2.42. The molecule has 176 valence electrons. The topological polar surface area (TPSA) is 116 Å². The van der Waals surface area contributed by atoms with Gasteiger partial charge in [-0.2, -0.15) is 0 Å². The van der Waals surface area contributed by atoms with Gasteiger partial charge in [-0.3, -0.25) is 19.2 Å². The zero-order valence-corrected chi connectivity index (χ0v) is 19.0. The SMILES string of the molecule is C=C1C(=O)[C@]23C[C@H]1CC[C@H]2[C@]1(COC3=O)C[C@@H](OC(C)=O)C[C@](C)(CO)[C@H]1COC(C)=O. The van der Waals surface area contributed by atoms with E-state index in [1.165, 1.54) is 13.8 Å². The molecule has 0 aromatic heterocycles. The summed E-state index contributed by atoms with van der Waals surface area (Å²) in [5.41, 5.74) is -2.38. The minimum atomic E-state index is -1.30. The molecular weight excluding hydrogens is 416 g/mol. The fourth-order valence-corrected chi connectivity index (χ4v) is 7.39. The number of carbonyl (C=O) groups is 4. The van der Waals surface area contributed by atoms with Crippen molar-refractivity contribution in [2.75, 3.05) is 19.8 Å². The number of aliphatic hydroxyl groups is 1. The maximum Gasteiger partial charge on any atom is 0.320 e. The van der Waals surface area contributed by atoms with Crippen molar-refractivity contribution in [2.45, 2.75) is 59.0 Å². The van der Waals surface area contributed by atoms with Crippen LogP contribution in [0.4, 0.5) is 0 Å². The fourth-order valence-electron chi connectivity index (χ4n) is 7.39. The predicted molar refractivity (Wildman–Crippen MR) is 111 cm³/mol. The summed E-state index contributed by atoms with van der Waals surface area (Å²) in [6, 6.07) is 0. The molecule has 0 aromatic carbocycles. The second-order valence-electron chi connectivity index (χ2n) is 10.5. The lowest BCUT2D eigenvalue weighted by atomic mass is 9.44. The van der Waals surface area contributed by atoms with Gasteiger partial charge in [0.25, 0.3) is 0 Å². The molecule has 2 spiro atoms. The summed E-state index contributed by atoms with van der Waals surface area (Å²) in [7, 11) is 0. The molecule has 4 rings (SSSR count). The number of hydrogen-bond donors (Lipinski definition) is 1. The highest BCUT2D eigenvalue weighted by Gasteiger charge is 2.73. The molecule has 1 saturated heterocycles. The van der Waals surface area contributed by atoms with Crippen molar-refractivity contribution >= 4 is 23.7 Å². The van der Waals surface area contributed by atoms with Crippen molar-refractivity contribution in [1.29, 1.82) is 0 Å². The largest absolute Gasteiger partial charge is 0.466 e. The highest BCUT2D eigenvalue weighted by molar-refractivity contribution is 6.15. The molecule has 3 aliphatic carbocycles. The Balaban J connectivity index is 1.85. The van der Waals surface area contributed by atoms with Crippen LogP contribution in [0.5, 0.6) is 0 Å². The van der Waals surface area contributed by atoms with E-state index in [0.29, 0.717) is 31.3 Å². The molecule has 0 unspecified atom stereocenters. The average Bonchev–Trinajstić information content (AvgIpc) is 2.91. The monoisotopic (exact) mass is 448 g/mol. The molecule has 0 radical (unpaired) electrons. The van der Waals surface area contributed by atoms with Crippen LogP contribution in [0.25, 0.3) is 0 Å². The van der Waals surface area contributed by atoms with Gasteiger partial charge >= 0.3 is 17.9 Å². The molecule has 4 fully saturated rings. The quantitative estimate of drug-likeness (QED) is 0.300. The van der Waals surface area contributed by atoms with Gasteiger partial charge in [-0.25, -0.2) is 0 Å². The zero-order valence-electron chi connectivity index (χ0n) is 19.0. The van der Waals surface area contributed by atoms with Crippen LogP contribution in [0, 0.1) is 34.0 Å². The van der Waals surface area contributed by atoms with Gasteiger partial charge in [0.05, 0.1) is 13.2 Å². The Kier molecular flexibility index (Phi) is 5.51. The van der Waals surface area contributed by atoms with E-state index in [9.17, 15) is 24.3 Å². The molecule has 7 atom stereocenters. The molecule has 1 aliphatic heterocycles. The van der Waals surface area contributed by atoms with Gasteiger partial charge < -0.3 is 19.3 Å². The van der Waals surface area contributed by atoms with Gasteiger partial charge in [0.15, 0.2) is 5.78 Å². The number of esters is 3. The third-order valence-electron chi connectivity index (χ3n) is 8.67. The minimum Gasteiger partial charge on any atom is -0.466 e. The number of hydrogen-bond acceptors (Lipinski definition) is 8. The average molecular weight is 449 g/mol. The van der Waals surface area contributed by atoms with Crippen molar-refractivity contribution in [3.05, 3.63) is 12.2 Å². The lowest BCUT2D eigenvalue weighted by molar-refractivity contribution is -0.235. The summed E-state index contributed by atoms with van der Waals surface area (Å²) < 4.78 is 16.8. The van der Waals surface area contributed by atoms with Crippen LogP contribution in [-0.2, 0) is 33.4 Å². The first-order valence-electron chi connectivity index (χ1n) is 11.3. The van der Waals surface area contributed by atoms with Gasteiger partial charge in [0, 0.05) is 37.2 Å². The predicted octanol–water partition coefficient (Wildman–Crippen LogP) is 1.97. The Morgan fingerprint density at radius 3 is 2.50 bits per heavy atom. The third-order valence-corrected chi connectivity index (χ3v) is 8.67. The Morgan fingerprint density at radius 2 is 1.88 bits per heavy atom. The highest BCUT2D eigenvalue weighted by Crippen LogP contribution is 2.68. The molecule has 0 amide bonds. The molecule has 0 aromatic rings. The number of ketones is 1. The number of cyclic esters (lactones) is 1. The van der Waals surface area contributed by atoms with Crippen LogP contribution in [0.2, 0.25) is 0 Å². The number of aliphatic hydroxyl groups excluding tert-OH is 1. The normalized spacial score (nSPS) is 42.9. The lowest BCUT2D eigenvalue weighted by Gasteiger charge is -2.62. The standard InChI is InChI=1S/C24H32O8/c1-13-16-5-6-18-23(12-31-21(29)24(18,7-16)20(13)28)9-17(32-15(3)27)8-22(4,11-25)19(23)10-30-14(2)26/h16-19,25H,1,5-12H2,2-4H3/t16-,17+,18+,19-,22-,23-,24+/m1/s1. The Hall–Kier alpha value is -2.22. The molecule has 32 heavy (non-hydrogen) atoms. The van der Waals surface area contributed by atoms with Crippen LogP contribution < -0.4 is 0 Å². The van der Waals surface area contributed by atoms with Crippen LogP contribution in [0.15, 0.2) is 12.2 Å². The van der Waals surface area contributed by atoms with E-state index in [-0.39, 0.29) is 43.4 Å². The molecule has 1 N–H and O–H groups in total. The number of ether oxygens (including phenoxy) is 3. The number of allylic oxidation sites excluding steroid dienone is 1. The van der Waals surface area contributed by atoms with Crippen LogP contribution in [0.1, 0.15) is 52.9 Å². The second-order valence-corrected chi connectivity index (χ2v) is 10.5. The van der Waals surface area contributed by atoms with E-state index in [0.717, 1.165) is 6.42 Å². The first-order chi connectivity index (χ1) is 15.0. The van der Waals surface area contributed by atoms with Gasteiger partial charge in [-0.15, -0.1) is 0 Å². The number of fused-ring (bicyclic) bond motifs is 2. The lowest BCUT2D eigenvalue weighted by Crippen LogP contribution is -2.66. The number of Topliss-reactive ketones (excluding diaryl/α,β-unsaturated/α-hetero) is 1. The highest BCUT2D eigenvalue weighted by atomic mass is 16.6. The van der Waals surface area contributed by atoms with Crippen LogP contribution in [-0.4, -0.2) is 54.7 Å². The van der Waals surface area contributed by atoms with Crippen molar-refractivity contribution in [2.24, 2.45) is 34.0 Å². The second kappa shape index (κ2) is 7.68. The molecule has 3 saturated carbocycles. The summed E-state index contributed by atoms with van der Waals surface area (Å²) in [6.07, 6.45) is 1.98. The summed E-state index contributed by atoms with van der Waals surface area (Å²) in [6.45, 7) is 8.35. The Bertz CT molecular complexity index is 879. The third kappa shape index (κ3) is 3.13. The van der Waals surface area contributed by atoms with E-state index in [4.69, 9.17) is 14.2 Å².